The van der Waals surface area contributed by atoms with Gasteiger partial charge in [0.25, 0.3) is 5.91 Å². The molecule has 1 aromatic rings. The van der Waals surface area contributed by atoms with E-state index in [4.69, 9.17) is 5.11 Å². The Morgan fingerprint density at radius 2 is 1.52 bits per heavy atom. The number of allylic oxidation sites excluding steroid dienone is 2. The summed E-state index contributed by atoms with van der Waals surface area (Å²) in [5.74, 6) is -1.43. The van der Waals surface area contributed by atoms with E-state index in [0.717, 1.165) is 25.1 Å². The number of carbonyl (C=O) groups excluding carboxylic acids is 1. The summed E-state index contributed by atoms with van der Waals surface area (Å²) in [6.45, 7) is 4.58. The second kappa shape index (κ2) is 15.6. The van der Waals surface area contributed by atoms with Gasteiger partial charge in [-0.1, -0.05) is 57.6 Å². The molecule has 0 radical (unpaired) electrons. The topological polar surface area (TPSA) is 78.4 Å². The van der Waals surface area contributed by atoms with Crippen molar-refractivity contribution in [1.29, 1.82) is 0 Å². The number of anilines is 1. The van der Waals surface area contributed by atoms with Crippen molar-refractivity contribution in [3.05, 3.63) is 42.0 Å². The van der Waals surface area contributed by atoms with Gasteiger partial charge in [0.15, 0.2) is 0 Å². The van der Waals surface area contributed by atoms with Crippen LogP contribution in [0.15, 0.2) is 36.4 Å². The van der Waals surface area contributed by atoms with E-state index in [1.807, 2.05) is 12.1 Å². The van der Waals surface area contributed by atoms with Crippen LogP contribution in [-0.4, -0.2) is 29.6 Å². The van der Waals surface area contributed by atoms with Gasteiger partial charge in [-0.3, -0.25) is 9.59 Å². The fourth-order valence-electron chi connectivity index (χ4n) is 2.99. The molecule has 0 aliphatic rings. The molecule has 0 spiro atoms. The zero-order valence-corrected chi connectivity index (χ0v) is 18.1. The van der Waals surface area contributed by atoms with Crippen LogP contribution >= 0.6 is 0 Å². The highest BCUT2D eigenvalue weighted by molar-refractivity contribution is 5.96. The Hall–Kier alpha value is -2.30. The van der Waals surface area contributed by atoms with Gasteiger partial charge in [0.05, 0.1) is 0 Å². The summed E-state index contributed by atoms with van der Waals surface area (Å²) in [5.41, 5.74) is 1.41. The lowest BCUT2D eigenvalue weighted by Gasteiger charge is -2.10. The molecule has 0 aliphatic heterocycles. The van der Waals surface area contributed by atoms with Gasteiger partial charge in [-0.15, -0.1) is 0 Å². The molecule has 162 valence electrons. The number of carboxylic acids is 1. The van der Waals surface area contributed by atoms with Crippen molar-refractivity contribution in [3.8, 4) is 0 Å². The number of hydrogen-bond donors (Lipinski definition) is 3. The van der Waals surface area contributed by atoms with Gasteiger partial charge < -0.3 is 15.7 Å². The van der Waals surface area contributed by atoms with Crippen molar-refractivity contribution in [2.45, 2.75) is 84.1 Å². The molecule has 5 nitrogen and oxygen atoms in total. The lowest BCUT2D eigenvalue weighted by atomic mass is 10.1. The fourth-order valence-corrected chi connectivity index (χ4v) is 2.99. The predicted octanol–water partition coefficient (Wildman–Crippen LogP) is 5.78. The quantitative estimate of drug-likeness (QED) is 0.242. The third-order valence-electron chi connectivity index (χ3n) is 4.88. The number of benzene rings is 1. The van der Waals surface area contributed by atoms with Crippen molar-refractivity contribution in [3.63, 3.8) is 0 Å². The molecule has 0 heterocycles. The first-order valence-corrected chi connectivity index (χ1v) is 11.1. The van der Waals surface area contributed by atoms with Crippen molar-refractivity contribution in [1.82, 2.24) is 5.32 Å². The number of nitrogens with one attached hydrogen (secondary N) is 2. The smallest absolute Gasteiger partial charge is 0.325 e. The van der Waals surface area contributed by atoms with Crippen LogP contribution in [0.1, 0.15) is 88.4 Å². The summed E-state index contributed by atoms with van der Waals surface area (Å²) in [7, 11) is 0. The average molecular weight is 403 g/mol. The third-order valence-corrected chi connectivity index (χ3v) is 4.88. The molecule has 1 aromatic carbocycles. The fraction of sp³-hybridized carbons (Fsp3) is 0.583. The molecule has 0 saturated heterocycles. The van der Waals surface area contributed by atoms with Gasteiger partial charge in [-0.25, -0.2) is 0 Å². The molecule has 3 N–H and O–H groups in total. The van der Waals surface area contributed by atoms with Crippen molar-refractivity contribution < 1.29 is 14.7 Å². The normalized spacial score (nSPS) is 12.1. The maximum Gasteiger partial charge on any atom is 0.325 e. The molecule has 29 heavy (non-hydrogen) atoms. The first-order chi connectivity index (χ1) is 14.0. The van der Waals surface area contributed by atoms with E-state index in [9.17, 15) is 9.59 Å². The second-order valence-corrected chi connectivity index (χ2v) is 7.56. The maximum atomic E-state index is 12.0. The van der Waals surface area contributed by atoms with Crippen LogP contribution in [-0.2, 0) is 4.79 Å². The van der Waals surface area contributed by atoms with Crippen LogP contribution in [0, 0.1) is 0 Å². The standard InChI is InChI=1S/C24H38N2O3/c1-3-4-5-6-7-8-9-10-11-12-13-14-19-25-22-17-15-21(16-18-22)23(27)26-20(2)24(28)29/h11-12,15-18,20,25H,3-10,13-14,19H2,1-2H3,(H,26,27)(H,28,29). The summed E-state index contributed by atoms with van der Waals surface area (Å²) >= 11 is 0. The molecule has 1 amide bonds. The van der Waals surface area contributed by atoms with E-state index in [0.29, 0.717) is 5.56 Å². The van der Waals surface area contributed by atoms with Gasteiger partial charge in [0, 0.05) is 17.8 Å². The molecule has 1 rings (SSSR count). The number of carboxylic acid groups (broad SMARTS) is 1. The first-order valence-electron chi connectivity index (χ1n) is 11.1. The molecule has 5 heteroatoms. The lowest BCUT2D eigenvalue weighted by molar-refractivity contribution is -0.138. The zero-order valence-electron chi connectivity index (χ0n) is 18.1. The highest BCUT2D eigenvalue weighted by atomic mass is 16.4. The molecule has 1 atom stereocenters. The Bertz CT molecular complexity index is 611. The monoisotopic (exact) mass is 402 g/mol. The minimum Gasteiger partial charge on any atom is -0.480 e. The number of unbranched alkanes of at least 4 members (excludes halogenated alkanes) is 8. The van der Waals surface area contributed by atoms with Crippen LogP contribution in [0.25, 0.3) is 0 Å². The number of carbonyl (C=O) groups is 2. The summed E-state index contributed by atoms with van der Waals surface area (Å²) < 4.78 is 0. The zero-order chi connectivity index (χ0) is 21.3. The molecule has 0 aliphatic carbocycles. The van der Waals surface area contributed by atoms with Crippen molar-refractivity contribution in [2.75, 3.05) is 11.9 Å². The van der Waals surface area contributed by atoms with E-state index in [1.165, 1.54) is 58.3 Å². The van der Waals surface area contributed by atoms with Gasteiger partial charge in [0.1, 0.15) is 6.04 Å². The second-order valence-electron chi connectivity index (χ2n) is 7.56. The van der Waals surface area contributed by atoms with E-state index in [2.05, 4.69) is 29.7 Å². The average Bonchev–Trinajstić information content (AvgIpc) is 2.71. The van der Waals surface area contributed by atoms with Gasteiger partial charge >= 0.3 is 5.97 Å². The Kier molecular flexibility index (Phi) is 13.3. The van der Waals surface area contributed by atoms with E-state index < -0.39 is 12.0 Å². The third kappa shape index (κ3) is 12.0. The van der Waals surface area contributed by atoms with Gasteiger partial charge in [-0.05, 0) is 56.9 Å². The highest BCUT2D eigenvalue weighted by Crippen LogP contribution is 2.11. The number of hydrogen-bond acceptors (Lipinski definition) is 3. The molecular weight excluding hydrogens is 364 g/mol. The summed E-state index contributed by atoms with van der Waals surface area (Å²) in [4.78, 5) is 22.7. The van der Waals surface area contributed by atoms with Crippen LogP contribution in [0.2, 0.25) is 0 Å². The first kappa shape index (κ1) is 24.7. The Morgan fingerprint density at radius 1 is 0.931 bits per heavy atom. The molecular formula is C24H38N2O3. The van der Waals surface area contributed by atoms with Crippen LogP contribution < -0.4 is 10.6 Å². The van der Waals surface area contributed by atoms with Crippen molar-refractivity contribution in [2.24, 2.45) is 0 Å². The minimum absolute atomic E-state index is 0.377. The van der Waals surface area contributed by atoms with E-state index >= 15 is 0 Å². The lowest BCUT2D eigenvalue weighted by Crippen LogP contribution is -2.38. The Labute approximate surface area is 176 Å². The molecule has 0 aromatic heterocycles. The molecule has 0 saturated carbocycles. The molecule has 0 fully saturated rings. The minimum atomic E-state index is -1.05. The SMILES string of the molecule is CCCCCCCCCC=CCCCNc1ccc(C(=O)NC(C)C(=O)O)cc1. The van der Waals surface area contributed by atoms with E-state index in [1.54, 1.807) is 12.1 Å². The predicted molar refractivity (Wildman–Crippen MR) is 120 cm³/mol. The summed E-state index contributed by atoms with van der Waals surface area (Å²) in [5, 5.41) is 14.6. The van der Waals surface area contributed by atoms with Crippen LogP contribution in [0.5, 0.6) is 0 Å². The summed E-state index contributed by atoms with van der Waals surface area (Å²) in [6, 6.07) is 6.19. The van der Waals surface area contributed by atoms with Crippen LogP contribution in [0.4, 0.5) is 5.69 Å². The number of amides is 1. The Morgan fingerprint density at radius 3 is 2.14 bits per heavy atom. The highest BCUT2D eigenvalue weighted by Gasteiger charge is 2.14. The largest absolute Gasteiger partial charge is 0.480 e. The van der Waals surface area contributed by atoms with Crippen molar-refractivity contribution >= 4 is 17.6 Å². The molecule has 1 unspecified atom stereocenters. The van der Waals surface area contributed by atoms with Gasteiger partial charge in [-0.2, -0.15) is 0 Å². The number of rotatable bonds is 16. The van der Waals surface area contributed by atoms with E-state index in [-0.39, 0.29) is 5.91 Å². The summed E-state index contributed by atoms with van der Waals surface area (Å²) in [6.07, 6.45) is 17.4. The number of aliphatic carboxylic acids is 1. The van der Waals surface area contributed by atoms with Gasteiger partial charge in [0.2, 0.25) is 0 Å². The maximum absolute atomic E-state index is 12.0. The Balaban J connectivity index is 2.10. The molecule has 0 bridgehead atoms. The van der Waals surface area contributed by atoms with Crippen LogP contribution in [0.3, 0.4) is 0 Å².